The zero-order chi connectivity index (χ0) is 15.4. The van der Waals surface area contributed by atoms with Crippen LogP contribution >= 0.6 is 15.9 Å². The highest BCUT2D eigenvalue weighted by atomic mass is 79.9. The zero-order valence-corrected chi connectivity index (χ0v) is 13.2. The number of carbonyl (C=O) groups excluding carboxylic acids is 1. The lowest BCUT2D eigenvalue weighted by Crippen LogP contribution is -2.02. The van der Waals surface area contributed by atoms with Crippen LogP contribution < -0.4 is 0 Å². The van der Waals surface area contributed by atoms with E-state index in [1.54, 1.807) is 24.4 Å². The highest BCUT2D eigenvalue weighted by Gasteiger charge is 2.10. The number of hydrogen-bond acceptors (Lipinski definition) is 3. The molecule has 0 fully saturated rings. The van der Waals surface area contributed by atoms with Crippen LogP contribution in [0.5, 0.6) is 0 Å². The van der Waals surface area contributed by atoms with Gasteiger partial charge in [0.05, 0.1) is 11.8 Å². The summed E-state index contributed by atoms with van der Waals surface area (Å²) < 4.78 is 0.681. The first kappa shape index (κ1) is 14.5. The molecule has 0 saturated carbocycles. The van der Waals surface area contributed by atoms with Gasteiger partial charge in [0.25, 0.3) is 0 Å². The standard InChI is InChI=1S/C18H12BrNO2/c19-17-11-4-3-10-16(17)18(21)22-20-12-14-8-5-7-13-6-1-2-9-15(13)14/h1-12H. The quantitative estimate of drug-likeness (QED) is 0.385. The molecule has 3 aromatic carbocycles. The van der Waals surface area contributed by atoms with Gasteiger partial charge >= 0.3 is 5.97 Å². The molecule has 0 aliphatic rings. The molecule has 0 aromatic heterocycles. The average Bonchev–Trinajstić information content (AvgIpc) is 2.55. The lowest BCUT2D eigenvalue weighted by molar-refractivity contribution is 0.0518. The SMILES string of the molecule is O=C(ON=Cc1cccc2ccccc12)c1ccccc1Br. The number of oxime groups is 1. The summed E-state index contributed by atoms with van der Waals surface area (Å²) in [6, 6.07) is 21.0. The molecule has 0 aliphatic heterocycles. The Kier molecular flexibility index (Phi) is 4.30. The molecule has 0 bridgehead atoms. The summed E-state index contributed by atoms with van der Waals surface area (Å²) in [6.45, 7) is 0. The van der Waals surface area contributed by atoms with E-state index in [4.69, 9.17) is 4.84 Å². The van der Waals surface area contributed by atoms with E-state index in [1.807, 2.05) is 48.5 Å². The minimum absolute atomic E-state index is 0.442. The van der Waals surface area contributed by atoms with Crippen molar-refractivity contribution < 1.29 is 9.63 Å². The van der Waals surface area contributed by atoms with Crippen LogP contribution in [0.1, 0.15) is 15.9 Å². The summed E-state index contributed by atoms with van der Waals surface area (Å²) in [7, 11) is 0. The second-order valence-corrected chi connectivity index (χ2v) is 5.52. The van der Waals surface area contributed by atoms with Crippen molar-refractivity contribution in [1.29, 1.82) is 0 Å². The summed E-state index contributed by atoms with van der Waals surface area (Å²) >= 11 is 3.31. The highest BCUT2D eigenvalue weighted by molar-refractivity contribution is 9.10. The number of halogens is 1. The summed E-state index contributed by atoms with van der Waals surface area (Å²) in [5, 5.41) is 5.99. The van der Waals surface area contributed by atoms with E-state index in [0.717, 1.165) is 16.3 Å². The minimum atomic E-state index is -0.496. The van der Waals surface area contributed by atoms with Crippen LogP contribution in [0.4, 0.5) is 0 Å². The van der Waals surface area contributed by atoms with Gasteiger partial charge in [-0.2, -0.15) is 0 Å². The maximum absolute atomic E-state index is 12.0. The lowest BCUT2D eigenvalue weighted by Gasteiger charge is -2.02. The number of nitrogens with zero attached hydrogens (tertiary/aromatic N) is 1. The van der Waals surface area contributed by atoms with E-state index < -0.39 is 5.97 Å². The van der Waals surface area contributed by atoms with Crippen LogP contribution in [0.25, 0.3) is 10.8 Å². The van der Waals surface area contributed by atoms with E-state index in [0.29, 0.717) is 10.0 Å². The van der Waals surface area contributed by atoms with E-state index >= 15 is 0 Å². The molecule has 3 aromatic rings. The molecule has 0 saturated heterocycles. The van der Waals surface area contributed by atoms with Crippen molar-refractivity contribution in [2.45, 2.75) is 0 Å². The molecular weight excluding hydrogens is 342 g/mol. The van der Waals surface area contributed by atoms with Crippen molar-refractivity contribution in [1.82, 2.24) is 0 Å². The fourth-order valence-electron chi connectivity index (χ4n) is 2.17. The van der Waals surface area contributed by atoms with Crippen molar-refractivity contribution in [3.63, 3.8) is 0 Å². The molecule has 3 nitrogen and oxygen atoms in total. The van der Waals surface area contributed by atoms with Gasteiger partial charge in [0.1, 0.15) is 0 Å². The molecule has 108 valence electrons. The van der Waals surface area contributed by atoms with Gasteiger partial charge in [-0.1, -0.05) is 59.8 Å². The third kappa shape index (κ3) is 3.07. The fourth-order valence-corrected chi connectivity index (χ4v) is 2.62. The van der Waals surface area contributed by atoms with Gasteiger partial charge in [0, 0.05) is 10.0 Å². The molecule has 0 N–H and O–H groups in total. The smallest absolute Gasteiger partial charge is 0.313 e. The molecule has 0 heterocycles. The maximum Gasteiger partial charge on any atom is 0.366 e. The number of benzene rings is 3. The van der Waals surface area contributed by atoms with Gasteiger partial charge in [-0.05, 0) is 38.8 Å². The monoisotopic (exact) mass is 353 g/mol. The topological polar surface area (TPSA) is 38.7 Å². The van der Waals surface area contributed by atoms with Gasteiger partial charge in [-0.15, -0.1) is 0 Å². The Morgan fingerprint density at radius 1 is 0.955 bits per heavy atom. The number of hydrogen-bond donors (Lipinski definition) is 0. The number of fused-ring (bicyclic) bond motifs is 1. The molecule has 3 rings (SSSR count). The van der Waals surface area contributed by atoms with E-state index in [1.165, 1.54) is 0 Å². The molecule has 4 heteroatoms. The third-order valence-electron chi connectivity index (χ3n) is 3.24. The van der Waals surface area contributed by atoms with Crippen molar-refractivity contribution in [2.75, 3.05) is 0 Å². The van der Waals surface area contributed by atoms with Crippen LogP contribution in [-0.2, 0) is 4.84 Å². The predicted molar refractivity (Wildman–Crippen MR) is 91.1 cm³/mol. The zero-order valence-electron chi connectivity index (χ0n) is 11.6. The Bertz CT molecular complexity index is 853. The molecular formula is C18H12BrNO2. The van der Waals surface area contributed by atoms with Gasteiger partial charge in [-0.3, -0.25) is 0 Å². The summed E-state index contributed by atoms with van der Waals surface area (Å²) in [5.41, 5.74) is 1.34. The first-order valence-corrected chi connectivity index (χ1v) is 7.52. The summed E-state index contributed by atoms with van der Waals surface area (Å²) in [5.74, 6) is -0.496. The van der Waals surface area contributed by atoms with Crippen molar-refractivity contribution in [2.24, 2.45) is 5.16 Å². The van der Waals surface area contributed by atoms with Gasteiger partial charge < -0.3 is 4.84 Å². The normalized spacial score (nSPS) is 11.0. The molecule has 0 amide bonds. The second kappa shape index (κ2) is 6.54. The van der Waals surface area contributed by atoms with Crippen LogP contribution in [0.2, 0.25) is 0 Å². The van der Waals surface area contributed by atoms with E-state index in [9.17, 15) is 4.79 Å². The van der Waals surface area contributed by atoms with E-state index in [2.05, 4.69) is 21.1 Å². The molecule has 0 unspecified atom stereocenters. The second-order valence-electron chi connectivity index (χ2n) is 4.66. The molecule has 22 heavy (non-hydrogen) atoms. The molecule has 0 radical (unpaired) electrons. The first-order chi connectivity index (χ1) is 10.8. The minimum Gasteiger partial charge on any atom is -0.313 e. The third-order valence-corrected chi connectivity index (χ3v) is 3.94. The Hall–Kier alpha value is -2.46. The van der Waals surface area contributed by atoms with Gasteiger partial charge in [-0.25, -0.2) is 4.79 Å². The molecule has 0 spiro atoms. The highest BCUT2D eigenvalue weighted by Crippen LogP contribution is 2.18. The number of carbonyl (C=O) groups is 1. The maximum atomic E-state index is 12.0. The van der Waals surface area contributed by atoms with Gasteiger partial charge in [0.2, 0.25) is 0 Å². The first-order valence-electron chi connectivity index (χ1n) is 6.73. The van der Waals surface area contributed by atoms with E-state index in [-0.39, 0.29) is 0 Å². The average molecular weight is 354 g/mol. The molecule has 0 aliphatic carbocycles. The van der Waals surface area contributed by atoms with Gasteiger partial charge in [0.15, 0.2) is 0 Å². The van der Waals surface area contributed by atoms with Crippen LogP contribution in [0, 0.1) is 0 Å². The number of rotatable bonds is 3. The van der Waals surface area contributed by atoms with Crippen molar-refractivity contribution in [3.05, 3.63) is 82.3 Å². The largest absolute Gasteiger partial charge is 0.366 e. The van der Waals surface area contributed by atoms with Crippen LogP contribution in [0.15, 0.2) is 76.4 Å². The molecule has 0 atom stereocenters. The fraction of sp³-hybridized carbons (Fsp3) is 0. The Labute approximate surface area is 136 Å². The Morgan fingerprint density at radius 3 is 2.55 bits per heavy atom. The van der Waals surface area contributed by atoms with Crippen LogP contribution in [0.3, 0.4) is 0 Å². The summed E-state index contributed by atoms with van der Waals surface area (Å²) in [6.07, 6.45) is 1.55. The summed E-state index contributed by atoms with van der Waals surface area (Å²) in [4.78, 5) is 16.9. The van der Waals surface area contributed by atoms with Crippen LogP contribution in [-0.4, -0.2) is 12.2 Å². The predicted octanol–water partition coefficient (Wildman–Crippen LogP) is 4.79. The lowest BCUT2D eigenvalue weighted by atomic mass is 10.1. The van der Waals surface area contributed by atoms with Crippen molar-refractivity contribution in [3.8, 4) is 0 Å². The Morgan fingerprint density at radius 2 is 1.68 bits per heavy atom. The van der Waals surface area contributed by atoms with Crippen molar-refractivity contribution >= 4 is 38.9 Å². The Balaban J connectivity index is 1.80.